The van der Waals surface area contributed by atoms with Gasteiger partial charge >= 0.3 is 0 Å². The number of aliphatic hydroxyl groups is 1. The molecule has 0 aliphatic rings. The number of carbonyl (C=O) groups excluding carboxylic acids is 1. The van der Waals surface area contributed by atoms with Gasteiger partial charge < -0.3 is 20.5 Å². The Bertz CT molecular complexity index is 378. The number of nitrogens with zero attached hydrogens (tertiary/aromatic N) is 3. The van der Waals surface area contributed by atoms with Crippen LogP contribution >= 0.6 is 0 Å². The number of hydrogen-bond donors (Lipinski definition) is 2. The zero-order valence-electron chi connectivity index (χ0n) is 10.1. The minimum atomic E-state index is -0.248. The van der Waals surface area contributed by atoms with Crippen molar-refractivity contribution in [3.8, 4) is 0 Å². The van der Waals surface area contributed by atoms with Crippen LogP contribution in [0.2, 0.25) is 0 Å². The maximum absolute atomic E-state index is 12.1. The van der Waals surface area contributed by atoms with E-state index in [1.165, 1.54) is 15.8 Å². The maximum atomic E-state index is 12.1. The fourth-order valence-electron chi connectivity index (χ4n) is 1.42. The van der Waals surface area contributed by atoms with Crippen molar-refractivity contribution in [2.75, 3.05) is 39.1 Å². The first-order chi connectivity index (χ1) is 8.11. The normalized spacial score (nSPS) is 10.5. The van der Waals surface area contributed by atoms with Crippen LogP contribution < -0.4 is 5.73 Å². The molecule has 1 heterocycles. The Morgan fingerprint density at radius 2 is 2.35 bits per heavy atom. The standard InChI is InChI=1S/C10H18N4O3/c1-13-9(11)8(7-12-13)10(16)14(3-5-15)4-6-17-2/h7,15H,3-6,11H2,1-2H3. The molecule has 96 valence electrons. The number of methoxy groups -OCH3 is 1. The SMILES string of the molecule is COCCN(CCO)C(=O)c1cnn(C)c1N. The minimum absolute atomic E-state index is 0.102. The highest BCUT2D eigenvalue weighted by atomic mass is 16.5. The zero-order chi connectivity index (χ0) is 12.8. The monoisotopic (exact) mass is 242 g/mol. The average Bonchev–Trinajstić information content (AvgIpc) is 2.65. The molecular formula is C10H18N4O3. The van der Waals surface area contributed by atoms with E-state index < -0.39 is 0 Å². The van der Waals surface area contributed by atoms with E-state index >= 15 is 0 Å². The molecule has 7 heteroatoms. The number of aryl methyl sites for hydroxylation is 1. The molecular weight excluding hydrogens is 224 g/mol. The van der Waals surface area contributed by atoms with Crippen LogP contribution in [0, 0.1) is 0 Å². The third-order valence-electron chi connectivity index (χ3n) is 2.44. The highest BCUT2D eigenvalue weighted by Crippen LogP contribution is 2.12. The van der Waals surface area contributed by atoms with Crippen LogP contribution in [-0.2, 0) is 11.8 Å². The molecule has 3 N–H and O–H groups in total. The van der Waals surface area contributed by atoms with Crippen molar-refractivity contribution in [1.29, 1.82) is 0 Å². The summed E-state index contributed by atoms with van der Waals surface area (Å²) in [5, 5.41) is 12.8. The molecule has 0 aliphatic heterocycles. The topological polar surface area (TPSA) is 93.6 Å². The third-order valence-corrected chi connectivity index (χ3v) is 2.44. The van der Waals surface area contributed by atoms with Gasteiger partial charge in [0.2, 0.25) is 0 Å². The molecule has 1 amide bonds. The molecule has 0 atom stereocenters. The van der Waals surface area contributed by atoms with E-state index in [2.05, 4.69) is 5.10 Å². The second kappa shape index (κ2) is 6.21. The lowest BCUT2D eigenvalue weighted by atomic mass is 10.2. The summed E-state index contributed by atoms with van der Waals surface area (Å²) >= 11 is 0. The van der Waals surface area contributed by atoms with E-state index in [1.807, 2.05) is 0 Å². The molecule has 17 heavy (non-hydrogen) atoms. The number of carbonyl (C=O) groups is 1. The minimum Gasteiger partial charge on any atom is -0.395 e. The maximum Gasteiger partial charge on any atom is 0.259 e. The average molecular weight is 242 g/mol. The molecule has 1 aromatic rings. The molecule has 0 saturated carbocycles. The quantitative estimate of drug-likeness (QED) is 0.673. The Balaban J connectivity index is 2.80. The van der Waals surface area contributed by atoms with E-state index in [0.29, 0.717) is 24.5 Å². The third kappa shape index (κ3) is 3.18. The highest BCUT2D eigenvalue weighted by molar-refractivity contribution is 5.98. The van der Waals surface area contributed by atoms with Crippen molar-refractivity contribution in [3.05, 3.63) is 11.8 Å². The number of ether oxygens (including phenoxy) is 1. The number of hydrogen-bond acceptors (Lipinski definition) is 5. The summed E-state index contributed by atoms with van der Waals surface area (Å²) in [5.41, 5.74) is 6.07. The zero-order valence-corrected chi connectivity index (χ0v) is 10.1. The van der Waals surface area contributed by atoms with Gasteiger partial charge in [-0.15, -0.1) is 0 Å². The van der Waals surface area contributed by atoms with Gasteiger partial charge in [0.25, 0.3) is 5.91 Å². The Labute approximate surface area is 99.8 Å². The molecule has 1 aromatic heterocycles. The van der Waals surface area contributed by atoms with Crippen molar-refractivity contribution >= 4 is 11.7 Å². The van der Waals surface area contributed by atoms with Crippen LogP contribution in [0.1, 0.15) is 10.4 Å². The summed E-state index contributed by atoms with van der Waals surface area (Å²) in [5.74, 6) is 0.0667. The summed E-state index contributed by atoms with van der Waals surface area (Å²) in [6.07, 6.45) is 1.43. The predicted octanol–water partition coefficient (Wildman–Crippen LogP) is -0.917. The number of rotatable bonds is 6. The smallest absolute Gasteiger partial charge is 0.259 e. The van der Waals surface area contributed by atoms with Crippen molar-refractivity contribution in [2.24, 2.45) is 7.05 Å². The number of aliphatic hydroxyl groups excluding tert-OH is 1. The summed E-state index contributed by atoms with van der Waals surface area (Å²) in [6.45, 7) is 0.961. The van der Waals surface area contributed by atoms with Gasteiger partial charge in [0.15, 0.2) is 0 Å². The van der Waals surface area contributed by atoms with Crippen molar-refractivity contribution in [2.45, 2.75) is 0 Å². The Hall–Kier alpha value is -1.60. The van der Waals surface area contributed by atoms with Gasteiger partial charge in [-0.1, -0.05) is 0 Å². The first kappa shape index (κ1) is 13.5. The molecule has 0 bridgehead atoms. The fraction of sp³-hybridized carbons (Fsp3) is 0.600. The molecule has 0 spiro atoms. The molecule has 0 aliphatic carbocycles. The highest BCUT2D eigenvalue weighted by Gasteiger charge is 2.19. The van der Waals surface area contributed by atoms with Gasteiger partial charge in [-0.3, -0.25) is 9.48 Å². The number of nitrogen functional groups attached to an aromatic ring is 1. The van der Waals surface area contributed by atoms with Crippen LogP contribution in [0.25, 0.3) is 0 Å². The molecule has 7 nitrogen and oxygen atoms in total. The first-order valence-corrected chi connectivity index (χ1v) is 5.28. The van der Waals surface area contributed by atoms with Gasteiger partial charge in [0.1, 0.15) is 11.4 Å². The van der Waals surface area contributed by atoms with Crippen molar-refractivity contribution in [3.63, 3.8) is 0 Å². The molecule has 0 aromatic carbocycles. The van der Waals surface area contributed by atoms with Gasteiger partial charge in [-0.2, -0.15) is 5.10 Å². The second-order valence-corrected chi connectivity index (χ2v) is 3.58. The van der Waals surface area contributed by atoms with Crippen LogP contribution in [-0.4, -0.2) is 59.1 Å². The van der Waals surface area contributed by atoms with E-state index in [0.717, 1.165) is 0 Å². The van der Waals surface area contributed by atoms with Gasteiger partial charge in [-0.05, 0) is 0 Å². The number of aromatic nitrogens is 2. The van der Waals surface area contributed by atoms with Crippen LogP contribution in [0.5, 0.6) is 0 Å². The number of nitrogens with two attached hydrogens (primary N) is 1. The van der Waals surface area contributed by atoms with E-state index in [-0.39, 0.29) is 19.1 Å². The first-order valence-electron chi connectivity index (χ1n) is 5.28. The summed E-state index contributed by atoms with van der Waals surface area (Å²) in [7, 11) is 3.22. The molecule has 1 rings (SSSR count). The molecule has 0 saturated heterocycles. The van der Waals surface area contributed by atoms with Crippen molar-refractivity contribution < 1.29 is 14.6 Å². The second-order valence-electron chi connectivity index (χ2n) is 3.58. The van der Waals surface area contributed by atoms with Crippen LogP contribution in [0.3, 0.4) is 0 Å². The van der Waals surface area contributed by atoms with Gasteiger partial charge in [0.05, 0.1) is 19.4 Å². The number of amides is 1. The molecule has 0 fully saturated rings. The lowest BCUT2D eigenvalue weighted by Crippen LogP contribution is -2.36. The summed E-state index contributed by atoms with van der Waals surface area (Å²) in [4.78, 5) is 13.6. The molecule has 0 radical (unpaired) electrons. The molecule has 0 unspecified atom stereocenters. The lowest BCUT2D eigenvalue weighted by Gasteiger charge is -2.20. The van der Waals surface area contributed by atoms with Crippen LogP contribution in [0.4, 0.5) is 5.82 Å². The van der Waals surface area contributed by atoms with Crippen LogP contribution in [0.15, 0.2) is 6.20 Å². The van der Waals surface area contributed by atoms with Gasteiger partial charge in [-0.25, -0.2) is 0 Å². The Kier molecular flexibility index (Phi) is 4.92. The largest absolute Gasteiger partial charge is 0.395 e. The van der Waals surface area contributed by atoms with E-state index in [4.69, 9.17) is 15.6 Å². The van der Waals surface area contributed by atoms with E-state index in [9.17, 15) is 4.79 Å². The predicted molar refractivity (Wildman–Crippen MR) is 62.5 cm³/mol. The van der Waals surface area contributed by atoms with E-state index in [1.54, 1.807) is 14.2 Å². The number of anilines is 1. The van der Waals surface area contributed by atoms with Crippen molar-refractivity contribution in [1.82, 2.24) is 14.7 Å². The van der Waals surface area contributed by atoms with Gasteiger partial charge in [0, 0.05) is 27.2 Å². The Morgan fingerprint density at radius 1 is 1.65 bits per heavy atom. The summed E-state index contributed by atoms with van der Waals surface area (Å²) in [6, 6.07) is 0. The fourth-order valence-corrected chi connectivity index (χ4v) is 1.42. The lowest BCUT2D eigenvalue weighted by molar-refractivity contribution is 0.0657. The summed E-state index contributed by atoms with van der Waals surface area (Å²) < 4.78 is 6.34. The Morgan fingerprint density at radius 3 is 2.82 bits per heavy atom.